The quantitative estimate of drug-likeness (QED) is 0.634. The Morgan fingerprint density at radius 2 is 1.90 bits per heavy atom. The summed E-state index contributed by atoms with van der Waals surface area (Å²) in [5, 5.41) is 0.241. The molecule has 1 amide bonds. The second-order valence-electron chi connectivity index (χ2n) is 7.33. The van der Waals surface area contributed by atoms with E-state index in [1.54, 1.807) is 13.8 Å². The molecule has 2 heterocycles. The first-order chi connectivity index (χ1) is 14.0. The monoisotopic (exact) mass is 465 g/mol. The van der Waals surface area contributed by atoms with Crippen molar-refractivity contribution in [3.05, 3.63) is 47.5 Å². The lowest BCUT2D eigenvalue weighted by Crippen LogP contribution is -2.30. The van der Waals surface area contributed by atoms with E-state index in [4.69, 9.17) is 0 Å². The first kappa shape index (κ1) is 20.8. The Kier molecular flexibility index (Phi) is 4.87. The van der Waals surface area contributed by atoms with E-state index in [1.807, 2.05) is 25.1 Å². The van der Waals surface area contributed by atoms with Crippen molar-refractivity contribution in [2.24, 2.45) is 5.92 Å². The fourth-order valence-electron chi connectivity index (χ4n) is 3.39. The first-order valence-electron chi connectivity index (χ1n) is 9.05. The molecule has 1 unspecified atom stereocenters. The molecule has 1 N–H and O–H groups in total. The summed E-state index contributed by atoms with van der Waals surface area (Å²) in [7, 11) is -7.71. The van der Waals surface area contributed by atoms with Gasteiger partial charge in [0.2, 0.25) is 15.9 Å². The zero-order chi connectivity index (χ0) is 21.8. The van der Waals surface area contributed by atoms with Crippen LogP contribution in [0.5, 0.6) is 0 Å². The molecule has 0 radical (unpaired) electrons. The number of rotatable bonds is 4. The van der Waals surface area contributed by atoms with E-state index in [0.717, 1.165) is 14.6 Å². The van der Waals surface area contributed by atoms with Gasteiger partial charge in [0, 0.05) is 0 Å². The molecule has 1 aliphatic heterocycles. The highest BCUT2D eigenvalue weighted by molar-refractivity contribution is 7.94. The average Bonchev–Trinajstić information content (AvgIpc) is 3.10. The number of sulfonamides is 2. The molecule has 11 heteroatoms. The Labute approximate surface area is 178 Å². The zero-order valence-corrected chi connectivity index (χ0v) is 18.9. The van der Waals surface area contributed by atoms with Crippen molar-refractivity contribution in [3.63, 3.8) is 0 Å². The predicted molar refractivity (Wildman–Crippen MR) is 117 cm³/mol. The van der Waals surface area contributed by atoms with Gasteiger partial charge in [0.25, 0.3) is 10.0 Å². The predicted octanol–water partition coefficient (Wildman–Crippen LogP) is 3.03. The summed E-state index contributed by atoms with van der Waals surface area (Å²) in [5.41, 5.74) is 2.20. The van der Waals surface area contributed by atoms with Crippen molar-refractivity contribution in [1.82, 2.24) is 4.98 Å². The topological polar surface area (TPSA) is 114 Å². The van der Waals surface area contributed by atoms with Crippen molar-refractivity contribution in [3.8, 4) is 0 Å². The number of amides is 1. The molecule has 8 nitrogen and oxygen atoms in total. The first-order valence-corrected chi connectivity index (χ1v) is 13.0. The van der Waals surface area contributed by atoms with Crippen LogP contribution in [0.3, 0.4) is 0 Å². The fraction of sp³-hybridized carbons (Fsp3) is 0.263. The standard InChI is InChI=1S/C19H19N3O5S3/c1-11-4-6-15-16(8-11)28-19(20-15)21-30(26,27)17-7-5-14(9-12(17)2)22-18(23)13(3)10-29(22,24)25/h4-9,13H,10H2,1-3H3,(H,20,21). The highest BCUT2D eigenvalue weighted by atomic mass is 32.2. The molecule has 0 spiro atoms. The van der Waals surface area contributed by atoms with E-state index in [-0.39, 0.29) is 21.5 Å². The van der Waals surface area contributed by atoms with E-state index in [1.165, 1.54) is 29.5 Å². The molecule has 30 heavy (non-hydrogen) atoms. The number of fused-ring (bicyclic) bond motifs is 1. The minimum atomic E-state index is -3.95. The van der Waals surface area contributed by atoms with Gasteiger partial charge in [-0.25, -0.2) is 26.1 Å². The molecule has 1 atom stereocenters. The molecule has 2 aromatic carbocycles. The van der Waals surface area contributed by atoms with Gasteiger partial charge >= 0.3 is 0 Å². The number of aryl methyl sites for hydroxylation is 2. The largest absolute Gasteiger partial charge is 0.273 e. The van der Waals surface area contributed by atoms with Gasteiger partial charge in [0.15, 0.2) is 5.13 Å². The van der Waals surface area contributed by atoms with Crippen molar-refractivity contribution in [1.29, 1.82) is 0 Å². The van der Waals surface area contributed by atoms with Gasteiger partial charge < -0.3 is 0 Å². The Bertz CT molecular complexity index is 1390. The van der Waals surface area contributed by atoms with Crippen LogP contribution in [0.2, 0.25) is 0 Å². The lowest BCUT2D eigenvalue weighted by molar-refractivity contribution is -0.119. The molecular weight excluding hydrogens is 446 g/mol. The summed E-state index contributed by atoms with van der Waals surface area (Å²) in [6, 6.07) is 9.68. The van der Waals surface area contributed by atoms with Crippen molar-refractivity contribution < 1.29 is 21.6 Å². The Morgan fingerprint density at radius 1 is 1.17 bits per heavy atom. The number of aromatic nitrogens is 1. The van der Waals surface area contributed by atoms with Crippen molar-refractivity contribution in [2.45, 2.75) is 25.7 Å². The number of hydrogen-bond acceptors (Lipinski definition) is 7. The lowest BCUT2D eigenvalue weighted by atomic mass is 10.2. The molecule has 0 saturated carbocycles. The Morgan fingerprint density at radius 3 is 2.53 bits per heavy atom. The molecule has 1 fully saturated rings. The summed E-state index contributed by atoms with van der Waals surface area (Å²) < 4.78 is 54.5. The molecule has 0 aliphatic carbocycles. The number of nitrogens with one attached hydrogen (secondary N) is 1. The van der Waals surface area contributed by atoms with Crippen molar-refractivity contribution >= 4 is 58.3 Å². The summed E-state index contributed by atoms with van der Waals surface area (Å²) >= 11 is 1.23. The summed E-state index contributed by atoms with van der Waals surface area (Å²) in [5.74, 6) is -1.42. The van der Waals surface area contributed by atoms with Gasteiger partial charge in [0.1, 0.15) is 0 Å². The third-order valence-corrected chi connectivity index (χ3v) is 9.24. The highest BCUT2D eigenvalue weighted by Crippen LogP contribution is 2.32. The normalized spacial score (nSPS) is 18.8. The molecule has 3 aromatic rings. The minimum Gasteiger partial charge on any atom is -0.273 e. The molecule has 4 rings (SSSR count). The number of carbonyl (C=O) groups excluding carboxylic acids is 1. The van der Waals surface area contributed by atoms with Crippen LogP contribution < -0.4 is 9.03 Å². The number of nitrogens with zero attached hydrogens (tertiary/aromatic N) is 2. The van der Waals surface area contributed by atoms with Crippen LogP contribution >= 0.6 is 11.3 Å². The van der Waals surface area contributed by atoms with Crippen LogP contribution in [0.1, 0.15) is 18.1 Å². The Balaban J connectivity index is 1.67. The molecule has 158 valence electrons. The minimum absolute atomic E-state index is 0.0150. The third kappa shape index (κ3) is 3.57. The maximum atomic E-state index is 12.9. The van der Waals surface area contributed by atoms with Crippen LogP contribution in [0.15, 0.2) is 41.3 Å². The van der Waals surface area contributed by atoms with Crippen LogP contribution in [0.4, 0.5) is 10.8 Å². The second-order valence-corrected chi connectivity index (χ2v) is 11.9. The maximum absolute atomic E-state index is 12.9. The summed E-state index contributed by atoms with van der Waals surface area (Å²) in [4.78, 5) is 16.6. The van der Waals surface area contributed by atoms with E-state index >= 15 is 0 Å². The van der Waals surface area contributed by atoms with Crippen LogP contribution in [0, 0.1) is 19.8 Å². The van der Waals surface area contributed by atoms with Gasteiger partial charge in [-0.3, -0.25) is 9.52 Å². The SMILES string of the molecule is Cc1ccc2nc(NS(=O)(=O)c3ccc(N4C(=O)C(C)CS4(=O)=O)cc3C)sc2c1. The molecule has 1 aromatic heterocycles. The second kappa shape index (κ2) is 7.03. The maximum Gasteiger partial charge on any atom is 0.263 e. The number of carbonyl (C=O) groups is 1. The van der Waals surface area contributed by atoms with E-state index in [9.17, 15) is 21.6 Å². The number of thiazole rings is 1. The number of benzene rings is 2. The summed E-state index contributed by atoms with van der Waals surface area (Å²) in [6.07, 6.45) is 0. The fourth-order valence-corrected chi connectivity index (χ4v) is 7.63. The average molecular weight is 466 g/mol. The molecule has 0 bridgehead atoms. The highest BCUT2D eigenvalue weighted by Gasteiger charge is 2.42. The number of hydrogen-bond donors (Lipinski definition) is 1. The van der Waals surface area contributed by atoms with Gasteiger partial charge in [-0.1, -0.05) is 24.3 Å². The van der Waals surface area contributed by atoms with Crippen LogP contribution in [-0.4, -0.2) is 33.5 Å². The molecule has 1 saturated heterocycles. The Hall–Kier alpha value is -2.50. The lowest BCUT2D eigenvalue weighted by Gasteiger charge is -2.17. The smallest absolute Gasteiger partial charge is 0.263 e. The molecule has 1 aliphatic rings. The van der Waals surface area contributed by atoms with Gasteiger partial charge in [0.05, 0.1) is 32.5 Å². The van der Waals surface area contributed by atoms with E-state index in [0.29, 0.717) is 11.1 Å². The summed E-state index contributed by atoms with van der Waals surface area (Å²) in [6.45, 7) is 5.05. The van der Waals surface area contributed by atoms with Gasteiger partial charge in [-0.2, -0.15) is 0 Å². The van der Waals surface area contributed by atoms with Crippen LogP contribution in [-0.2, 0) is 24.8 Å². The van der Waals surface area contributed by atoms with Crippen LogP contribution in [0.25, 0.3) is 10.2 Å². The zero-order valence-electron chi connectivity index (χ0n) is 16.4. The van der Waals surface area contributed by atoms with E-state index in [2.05, 4.69) is 9.71 Å². The molecular formula is C19H19N3O5S3. The van der Waals surface area contributed by atoms with Gasteiger partial charge in [-0.05, 0) is 55.3 Å². The van der Waals surface area contributed by atoms with Gasteiger partial charge in [-0.15, -0.1) is 0 Å². The van der Waals surface area contributed by atoms with Crippen molar-refractivity contribution in [2.75, 3.05) is 14.8 Å². The third-order valence-electron chi connectivity index (χ3n) is 4.81. The number of anilines is 2. The van der Waals surface area contributed by atoms with E-state index < -0.39 is 31.9 Å².